The van der Waals surface area contributed by atoms with E-state index in [2.05, 4.69) is 44.0 Å². The van der Waals surface area contributed by atoms with E-state index in [0.29, 0.717) is 18.6 Å². The minimum absolute atomic E-state index is 0.0547. The van der Waals surface area contributed by atoms with Crippen molar-refractivity contribution in [2.75, 3.05) is 38.4 Å². The maximum absolute atomic E-state index is 13.7. The molecule has 15 atom stereocenters. The van der Waals surface area contributed by atoms with Gasteiger partial charge in [0, 0.05) is 21.1 Å². The first kappa shape index (κ1) is 91.3. The molecular weight excluding hydrogens is 1580 g/mol. The average molecular weight is 1700 g/mol. The number of likely N-dealkylation sites (N-methyl/N-ethyl adjacent to an activating group) is 3. The monoisotopic (exact) mass is 1700 g/mol. The molecule has 0 aromatic heterocycles. The average Bonchev–Trinajstić information content (AvgIpc) is 1.58. The second-order valence-electron chi connectivity index (χ2n) is 35.3. The van der Waals surface area contributed by atoms with Crippen molar-refractivity contribution in [2.45, 2.75) is 304 Å². The van der Waals surface area contributed by atoms with Crippen LogP contribution >= 0.6 is 11.8 Å². The van der Waals surface area contributed by atoms with Crippen molar-refractivity contribution in [3.05, 3.63) is 106 Å². The van der Waals surface area contributed by atoms with E-state index in [0.717, 1.165) is 90.7 Å². The van der Waals surface area contributed by atoms with E-state index >= 15 is 0 Å². The summed E-state index contributed by atoms with van der Waals surface area (Å²) >= 11 is 1.66. The SMILES string of the molecule is C[C@@H](C(=O)N[C@H]1CCS(=O)(=O)[C@H]2CC[C@@H](C(=O)N[C@@H]3CCCc4ccccc43)N2C1=O)N(C)C(=O)OC(C)(C)C.C[C@@H](C(=O)N[C@H]1CCS(=O)(=O)[C@H]2CC[C@H](C(=O)N[C@@H]3CCCc4ccccc43)N2C1=O)N(C)C(=O)OC(C)(C)C.C[C@@H](C(=O)N[C@H]1CCS[C@H]2CC[C@@H](C(=O)N[C@@H]3CCCc4ccccc43)N2C1=O)N(C)C(=O)OC(C)(C)C. The van der Waals surface area contributed by atoms with Gasteiger partial charge in [0.2, 0.25) is 53.2 Å². The molecule has 6 N–H and O–H groups in total. The van der Waals surface area contributed by atoms with Crippen LogP contribution in [0.3, 0.4) is 0 Å². The highest BCUT2D eigenvalue weighted by molar-refractivity contribution is 7.99. The van der Waals surface area contributed by atoms with Crippen molar-refractivity contribution in [1.82, 2.24) is 61.3 Å². The van der Waals surface area contributed by atoms with E-state index in [1.807, 2.05) is 60.7 Å². The van der Waals surface area contributed by atoms with Gasteiger partial charge in [0.1, 0.15) is 81.9 Å². The summed E-state index contributed by atoms with van der Waals surface area (Å²) in [4.78, 5) is 166. The predicted molar refractivity (Wildman–Crippen MR) is 442 cm³/mol. The van der Waals surface area contributed by atoms with Crippen LogP contribution in [0.1, 0.15) is 231 Å². The Hall–Kier alpha value is -9.05. The molecule has 12 amide bonds. The Labute approximate surface area is 697 Å². The lowest BCUT2D eigenvalue weighted by atomic mass is 9.87. The zero-order valence-corrected chi connectivity index (χ0v) is 73.1. The van der Waals surface area contributed by atoms with Crippen molar-refractivity contribution in [2.24, 2.45) is 0 Å². The van der Waals surface area contributed by atoms with Crippen LogP contribution in [-0.2, 0) is 96.3 Å². The Bertz CT molecular complexity index is 4310. The van der Waals surface area contributed by atoms with E-state index in [1.165, 1.54) is 66.4 Å². The lowest BCUT2D eigenvalue weighted by Gasteiger charge is -2.33. The highest BCUT2D eigenvalue weighted by atomic mass is 32.2. The maximum Gasteiger partial charge on any atom is 0.410 e. The number of amides is 12. The lowest BCUT2D eigenvalue weighted by Crippen LogP contribution is -2.57. The standard InChI is InChI=1S/2C28H40N4O7S.C28H40N4O5S/c2*1-17(31(5)27(36)39-28(2,3)4)24(33)30-21-15-16-40(37,38)23-14-13-22(32(23)26(21)35)25(34)29-20-12-8-10-18-9-6-7-11-19(18)20;1-17(31(5)27(36)37-28(2,3)4)24(33)30-21-15-16-38-23-14-13-22(32(23)26(21)35)25(34)29-20-12-8-10-18-9-6-7-11-19(18)20/h2*6-7,9,11,17,20-23H,8,10,12-16H2,1-5H3,(H,29,34)(H,30,33);6-7,9,11,17,20-23H,8,10,12-16H2,1-5H3,(H,29,34)(H,30,33)/t17-,20+,21-,22+,23-;2*17-,20+,21-,22-,23-/m000/s1. The molecule has 648 valence electrons. The molecule has 0 spiro atoms. The van der Waals surface area contributed by atoms with Crippen LogP contribution in [0.15, 0.2) is 72.8 Å². The first-order chi connectivity index (χ1) is 55.3. The largest absolute Gasteiger partial charge is 0.444 e. The maximum atomic E-state index is 13.7. The lowest BCUT2D eigenvalue weighted by molar-refractivity contribution is -0.142. The molecular formula is C84H120N12O19S3. The van der Waals surface area contributed by atoms with E-state index in [4.69, 9.17) is 14.2 Å². The molecule has 9 aliphatic rings. The van der Waals surface area contributed by atoms with Crippen LogP contribution in [0, 0.1) is 0 Å². The number of rotatable bonds is 15. The van der Waals surface area contributed by atoms with Crippen LogP contribution in [0.4, 0.5) is 14.4 Å². The topological polar surface area (TPSA) is 392 Å². The summed E-state index contributed by atoms with van der Waals surface area (Å²) in [6.45, 7) is 20.1. The minimum Gasteiger partial charge on any atom is -0.444 e. The van der Waals surface area contributed by atoms with Gasteiger partial charge in [0.25, 0.3) is 0 Å². The first-order valence-corrected chi connectivity index (χ1v) is 45.8. The van der Waals surface area contributed by atoms with Crippen LogP contribution in [-0.4, -0.2) is 243 Å². The fourth-order valence-electron chi connectivity index (χ4n) is 16.7. The molecule has 34 heteroatoms. The first-order valence-electron chi connectivity index (χ1n) is 41.3. The molecule has 3 aromatic carbocycles. The highest BCUT2D eigenvalue weighted by Crippen LogP contribution is 2.40. The molecule has 0 unspecified atom stereocenters. The number of aryl methyl sites for hydroxylation is 3. The van der Waals surface area contributed by atoms with Crippen LogP contribution in [0.25, 0.3) is 0 Å². The van der Waals surface area contributed by atoms with Crippen molar-refractivity contribution in [3.63, 3.8) is 0 Å². The number of nitrogens with one attached hydrogen (secondary N) is 6. The van der Waals surface area contributed by atoms with E-state index < -0.39 is 161 Å². The van der Waals surface area contributed by atoms with Crippen molar-refractivity contribution in [3.8, 4) is 0 Å². The third-order valence-electron chi connectivity index (χ3n) is 23.4. The number of carbonyl (C=O) groups excluding carboxylic acids is 12. The van der Waals surface area contributed by atoms with Crippen LogP contribution < -0.4 is 31.9 Å². The third-order valence-corrected chi connectivity index (χ3v) is 28.9. The molecule has 3 aromatic rings. The minimum atomic E-state index is -3.73. The number of nitrogens with zero attached hydrogens (tertiary/aromatic N) is 6. The number of hydrogen-bond acceptors (Lipinski definition) is 20. The molecule has 31 nitrogen and oxygen atoms in total. The summed E-state index contributed by atoms with van der Waals surface area (Å²) in [7, 11) is -3.12. The number of fused-ring (bicyclic) bond motifs is 6. The number of hydrogen-bond donors (Lipinski definition) is 6. The Morgan fingerprint density at radius 3 is 1.00 bits per heavy atom. The summed E-state index contributed by atoms with van der Waals surface area (Å²) in [5.41, 5.74) is 4.65. The molecule has 6 aliphatic heterocycles. The van der Waals surface area contributed by atoms with Gasteiger partial charge in [-0.1, -0.05) is 72.8 Å². The van der Waals surface area contributed by atoms with Crippen molar-refractivity contribution < 1.29 is 88.6 Å². The number of carbonyl (C=O) groups is 12. The number of benzene rings is 3. The zero-order valence-electron chi connectivity index (χ0n) is 70.6. The quantitative estimate of drug-likeness (QED) is 0.0802. The zero-order chi connectivity index (χ0) is 86.4. The Balaban J connectivity index is 0.000000186. The number of sulfone groups is 2. The number of thioether (sulfide) groups is 1. The van der Waals surface area contributed by atoms with Gasteiger partial charge >= 0.3 is 18.3 Å². The second-order valence-corrected chi connectivity index (χ2v) is 41.1. The Kier molecular flexibility index (Phi) is 29.2. The van der Waals surface area contributed by atoms with Gasteiger partial charge in [-0.3, -0.25) is 57.9 Å². The molecule has 0 radical (unpaired) electrons. The molecule has 6 saturated heterocycles. The van der Waals surface area contributed by atoms with Gasteiger partial charge in [-0.25, -0.2) is 31.2 Å². The van der Waals surface area contributed by atoms with Crippen LogP contribution in [0.5, 0.6) is 0 Å². The predicted octanol–water partition coefficient (Wildman–Crippen LogP) is 7.49. The molecule has 6 fully saturated rings. The summed E-state index contributed by atoms with van der Waals surface area (Å²) in [5, 5.41) is 15.2. The van der Waals surface area contributed by atoms with Gasteiger partial charge in [-0.2, -0.15) is 0 Å². The van der Waals surface area contributed by atoms with E-state index in [9.17, 15) is 74.4 Å². The smallest absolute Gasteiger partial charge is 0.410 e. The van der Waals surface area contributed by atoms with Crippen LogP contribution in [0.2, 0.25) is 0 Å². The molecule has 0 bridgehead atoms. The summed E-state index contributed by atoms with van der Waals surface area (Å²) in [6.07, 6.45) is 8.41. The van der Waals surface area contributed by atoms with Gasteiger partial charge in [-0.05, 0) is 238 Å². The molecule has 0 saturated carbocycles. The fraction of sp³-hybridized carbons (Fsp3) is 0.643. The Morgan fingerprint density at radius 1 is 0.390 bits per heavy atom. The molecule has 12 rings (SSSR count). The highest BCUT2D eigenvalue weighted by Gasteiger charge is 2.54. The molecule has 6 heterocycles. The van der Waals surface area contributed by atoms with Gasteiger partial charge < -0.3 is 60.8 Å². The molecule has 3 aliphatic carbocycles. The van der Waals surface area contributed by atoms with Crippen molar-refractivity contribution in [1.29, 1.82) is 0 Å². The Morgan fingerprint density at radius 2 is 0.678 bits per heavy atom. The summed E-state index contributed by atoms with van der Waals surface area (Å²) in [5.74, 6) is -3.94. The number of ether oxygens (including phenoxy) is 3. The second kappa shape index (κ2) is 37.7. The van der Waals surface area contributed by atoms with E-state index in [-0.39, 0.29) is 85.3 Å². The normalized spacial score (nSPS) is 26.3. The fourth-order valence-corrected chi connectivity index (χ4v) is 21.9. The molecule has 118 heavy (non-hydrogen) atoms. The third kappa shape index (κ3) is 21.9. The van der Waals surface area contributed by atoms with E-state index in [1.54, 1.807) is 85.9 Å². The van der Waals surface area contributed by atoms with Crippen molar-refractivity contribution >= 4 is 103 Å². The van der Waals surface area contributed by atoms with Gasteiger partial charge in [0.15, 0.2) is 19.7 Å². The van der Waals surface area contributed by atoms with Gasteiger partial charge in [-0.15, -0.1) is 11.8 Å². The van der Waals surface area contributed by atoms with Gasteiger partial charge in [0.05, 0.1) is 35.0 Å². The summed E-state index contributed by atoms with van der Waals surface area (Å²) in [6, 6.07) is 15.2. The summed E-state index contributed by atoms with van der Waals surface area (Å²) < 4.78 is 68.6.